The van der Waals surface area contributed by atoms with E-state index in [0.717, 1.165) is 47.0 Å². The molecule has 2 aromatic carbocycles. The minimum absolute atomic E-state index is 0. The Morgan fingerprint density at radius 2 is 1.71 bits per heavy atom. The number of rotatable bonds is 7. The molecule has 2 saturated heterocycles. The minimum atomic E-state index is -1.14. The number of carbonyl (C=O) groups is 2. The molecular formula is C24H30BrClN4O4. The van der Waals surface area contributed by atoms with Gasteiger partial charge in [0.05, 0.1) is 25.4 Å². The molecule has 10 heteroatoms. The van der Waals surface area contributed by atoms with Crippen LogP contribution in [0.2, 0.25) is 0 Å². The second-order valence-electron chi connectivity index (χ2n) is 8.59. The third-order valence-electron chi connectivity index (χ3n) is 6.36. The fraction of sp³-hybridized carbons (Fsp3) is 0.417. The van der Waals surface area contributed by atoms with Crippen LogP contribution >= 0.6 is 28.3 Å². The lowest BCUT2D eigenvalue weighted by atomic mass is 9.92. The predicted octanol–water partition coefficient (Wildman–Crippen LogP) is 2.83. The first-order chi connectivity index (χ1) is 15.8. The number of imide groups is 1. The van der Waals surface area contributed by atoms with Gasteiger partial charge in [0.15, 0.2) is 0 Å². The number of benzene rings is 2. The molecule has 2 fully saturated rings. The van der Waals surface area contributed by atoms with Crippen molar-refractivity contribution in [2.75, 3.05) is 51.3 Å². The van der Waals surface area contributed by atoms with Gasteiger partial charge in [-0.3, -0.25) is 14.6 Å². The molecule has 184 valence electrons. The quantitative estimate of drug-likeness (QED) is 0.513. The molecule has 2 atom stereocenters. The first kappa shape index (κ1) is 26.3. The third kappa shape index (κ3) is 5.33. The van der Waals surface area contributed by atoms with Crippen LogP contribution in [0.25, 0.3) is 0 Å². The summed E-state index contributed by atoms with van der Waals surface area (Å²) in [6.07, 6.45) is -0.829. The first-order valence-electron chi connectivity index (χ1n) is 11.0. The Morgan fingerprint density at radius 1 is 1.06 bits per heavy atom. The van der Waals surface area contributed by atoms with E-state index >= 15 is 0 Å². The summed E-state index contributed by atoms with van der Waals surface area (Å²) in [7, 11) is 1.67. The van der Waals surface area contributed by atoms with Crippen LogP contribution in [0.1, 0.15) is 12.5 Å². The number of hydrogen-bond acceptors (Lipinski definition) is 6. The summed E-state index contributed by atoms with van der Waals surface area (Å²) in [6.45, 7) is 5.20. The van der Waals surface area contributed by atoms with Crippen LogP contribution < -0.4 is 15.0 Å². The SMILES string of the molecule is COc1ccccc1N1CCN(CC(O)CN2C(=O)NC(C)(c3ccc(Br)cc3)C2=O)CC1.Cl. The monoisotopic (exact) mass is 552 g/mol. The summed E-state index contributed by atoms with van der Waals surface area (Å²) in [6, 6.07) is 14.7. The van der Waals surface area contributed by atoms with Crippen LogP contribution in [0.5, 0.6) is 5.75 Å². The van der Waals surface area contributed by atoms with Crippen molar-refractivity contribution in [2.45, 2.75) is 18.6 Å². The average molecular weight is 554 g/mol. The van der Waals surface area contributed by atoms with Gasteiger partial charge in [0.2, 0.25) is 0 Å². The van der Waals surface area contributed by atoms with Gasteiger partial charge in [-0.1, -0.05) is 40.2 Å². The minimum Gasteiger partial charge on any atom is -0.495 e. The van der Waals surface area contributed by atoms with E-state index in [-0.39, 0.29) is 24.9 Å². The highest BCUT2D eigenvalue weighted by Gasteiger charge is 2.49. The normalized spacial score (nSPS) is 21.8. The van der Waals surface area contributed by atoms with E-state index in [4.69, 9.17) is 4.74 Å². The molecule has 4 rings (SSSR count). The van der Waals surface area contributed by atoms with Gasteiger partial charge in [0.25, 0.3) is 5.91 Å². The number of carbonyl (C=O) groups excluding carboxylic acids is 2. The number of amides is 3. The number of nitrogens with one attached hydrogen (secondary N) is 1. The molecule has 2 aliphatic heterocycles. The van der Waals surface area contributed by atoms with Crippen molar-refractivity contribution in [3.63, 3.8) is 0 Å². The molecule has 2 unspecified atom stereocenters. The van der Waals surface area contributed by atoms with Crippen LogP contribution in [0.4, 0.5) is 10.5 Å². The van der Waals surface area contributed by atoms with E-state index in [1.165, 1.54) is 0 Å². The van der Waals surface area contributed by atoms with Gasteiger partial charge in [0.1, 0.15) is 11.3 Å². The summed E-state index contributed by atoms with van der Waals surface area (Å²) in [5.41, 5.74) is 0.623. The number of para-hydroxylation sites is 2. The van der Waals surface area contributed by atoms with E-state index in [1.54, 1.807) is 14.0 Å². The summed E-state index contributed by atoms with van der Waals surface area (Å²) in [4.78, 5) is 31.2. The molecule has 2 aromatic rings. The molecule has 0 spiro atoms. The summed E-state index contributed by atoms with van der Waals surface area (Å²) in [5.74, 6) is 0.494. The molecule has 2 heterocycles. The maximum Gasteiger partial charge on any atom is 0.325 e. The van der Waals surface area contributed by atoms with Crippen LogP contribution in [0.15, 0.2) is 53.0 Å². The molecular weight excluding hydrogens is 524 g/mol. The van der Waals surface area contributed by atoms with E-state index in [2.05, 4.69) is 31.0 Å². The Bertz CT molecular complexity index is 1020. The van der Waals surface area contributed by atoms with E-state index in [1.807, 2.05) is 48.5 Å². The zero-order chi connectivity index (χ0) is 23.6. The van der Waals surface area contributed by atoms with Gasteiger partial charge in [0, 0.05) is 37.2 Å². The summed E-state index contributed by atoms with van der Waals surface area (Å²) >= 11 is 3.38. The standard InChI is InChI=1S/C24H29BrN4O4.ClH/c1-24(17-7-9-18(25)10-8-17)22(31)29(23(32)26-24)16-19(30)15-27-11-13-28(14-12-27)20-5-3-4-6-21(20)33-2;/h3-10,19,30H,11-16H2,1-2H3,(H,26,32);1H. The first-order valence-corrected chi connectivity index (χ1v) is 11.8. The number of urea groups is 1. The van der Waals surface area contributed by atoms with Gasteiger partial charge >= 0.3 is 6.03 Å². The number of nitrogens with zero attached hydrogens (tertiary/aromatic N) is 3. The maximum atomic E-state index is 13.1. The molecule has 2 N–H and O–H groups in total. The molecule has 3 amide bonds. The molecule has 0 bridgehead atoms. The largest absolute Gasteiger partial charge is 0.495 e. The number of aliphatic hydroxyl groups is 1. The van der Waals surface area contributed by atoms with Crippen molar-refractivity contribution in [1.82, 2.24) is 15.1 Å². The second kappa shape index (κ2) is 10.9. The van der Waals surface area contributed by atoms with Gasteiger partial charge in [-0.15, -0.1) is 12.4 Å². The number of methoxy groups -OCH3 is 1. The Hall–Kier alpha value is -2.33. The average Bonchev–Trinajstić information content (AvgIpc) is 3.03. The number of piperazine rings is 1. The number of anilines is 1. The topological polar surface area (TPSA) is 85.3 Å². The zero-order valence-electron chi connectivity index (χ0n) is 19.2. The van der Waals surface area contributed by atoms with Crippen LogP contribution in [-0.4, -0.2) is 79.3 Å². The molecule has 0 aliphatic carbocycles. The Kier molecular flexibility index (Phi) is 8.46. The van der Waals surface area contributed by atoms with Crippen LogP contribution in [-0.2, 0) is 10.3 Å². The highest BCUT2D eigenvalue weighted by Crippen LogP contribution is 2.30. The molecule has 8 nitrogen and oxygen atoms in total. The molecule has 0 aromatic heterocycles. The fourth-order valence-corrected chi connectivity index (χ4v) is 4.73. The van der Waals surface area contributed by atoms with E-state index in [0.29, 0.717) is 12.1 Å². The van der Waals surface area contributed by atoms with Gasteiger partial charge in [-0.05, 0) is 36.8 Å². The fourth-order valence-electron chi connectivity index (χ4n) is 4.47. The van der Waals surface area contributed by atoms with Crippen molar-refractivity contribution in [1.29, 1.82) is 0 Å². The lowest BCUT2D eigenvalue weighted by Crippen LogP contribution is -2.50. The van der Waals surface area contributed by atoms with Gasteiger partial charge in [-0.2, -0.15) is 0 Å². The van der Waals surface area contributed by atoms with Crippen molar-refractivity contribution in [3.8, 4) is 5.75 Å². The van der Waals surface area contributed by atoms with Crippen molar-refractivity contribution in [2.24, 2.45) is 0 Å². The molecule has 34 heavy (non-hydrogen) atoms. The molecule has 0 saturated carbocycles. The lowest BCUT2D eigenvalue weighted by molar-refractivity contribution is -0.132. The Balaban J connectivity index is 0.00000324. The number of β-amino-alcohol motifs (C(OH)–C–C–N with tert-alkyl or cyclic N) is 1. The Morgan fingerprint density at radius 3 is 2.35 bits per heavy atom. The van der Waals surface area contributed by atoms with E-state index < -0.39 is 17.7 Å². The van der Waals surface area contributed by atoms with Crippen LogP contribution in [0, 0.1) is 0 Å². The number of aliphatic hydroxyl groups excluding tert-OH is 1. The smallest absolute Gasteiger partial charge is 0.325 e. The number of hydrogen-bond donors (Lipinski definition) is 2. The van der Waals surface area contributed by atoms with Crippen molar-refractivity contribution in [3.05, 3.63) is 58.6 Å². The number of ether oxygens (including phenoxy) is 1. The van der Waals surface area contributed by atoms with Crippen molar-refractivity contribution < 1.29 is 19.4 Å². The van der Waals surface area contributed by atoms with Gasteiger partial charge < -0.3 is 20.1 Å². The van der Waals surface area contributed by atoms with Crippen LogP contribution in [0.3, 0.4) is 0 Å². The van der Waals surface area contributed by atoms with Gasteiger partial charge in [-0.25, -0.2) is 4.79 Å². The summed E-state index contributed by atoms with van der Waals surface area (Å²) < 4.78 is 6.36. The van der Waals surface area contributed by atoms with Crippen molar-refractivity contribution >= 4 is 46.0 Å². The second-order valence-corrected chi connectivity index (χ2v) is 9.51. The summed E-state index contributed by atoms with van der Waals surface area (Å²) in [5, 5.41) is 13.5. The van der Waals surface area contributed by atoms with E-state index in [9.17, 15) is 14.7 Å². The highest BCUT2D eigenvalue weighted by atomic mass is 79.9. The lowest BCUT2D eigenvalue weighted by Gasteiger charge is -2.37. The highest BCUT2D eigenvalue weighted by molar-refractivity contribution is 9.10. The maximum absolute atomic E-state index is 13.1. The molecule has 0 radical (unpaired) electrons. The number of halogens is 2. The third-order valence-corrected chi connectivity index (χ3v) is 6.89. The Labute approximate surface area is 214 Å². The zero-order valence-corrected chi connectivity index (χ0v) is 21.6. The predicted molar refractivity (Wildman–Crippen MR) is 137 cm³/mol. The molecule has 2 aliphatic rings.